The zero-order valence-corrected chi connectivity index (χ0v) is 16.1. The molecule has 0 amide bonds. The van der Waals surface area contributed by atoms with E-state index in [0.717, 1.165) is 33.9 Å². The molecule has 0 aliphatic heterocycles. The Hall–Kier alpha value is -2.47. The van der Waals surface area contributed by atoms with E-state index < -0.39 is 0 Å². The molecule has 5 nitrogen and oxygen atoms in total. The van der Waals surface area contributed by atoms with Gasteiger partial charge in [0.1, 0.15) is 17.3 Å². The largest absolute Gasteiger partial charge is 0.494 e. The van der Waals surface area contributed by atoms with Crippen LogP contribution in [0.5, 0.6) is 11.5 Å². The van der Waals surface area contributed by atoms with Crippen molar-refractivity contribution in [2.24, 2.45) is 0 Å². The topological polar surface area (TPSA) is 49.2 Å². The minimum Gasteiger partial charge on any atom is -0.494 e. The van der Waals surface area contributed by atoms with Crippen LogP contribution in [-0.4, -0.2) is 33.7 Å². The molecule has 0 aliphatic rings. The van der Waals surface area contributed by atoms with E-state index in [1.165, 1.54) is 5.56 Å². The molecule has 0 aliphatic carbocycles. The lowest BCUT2D eigenvalue weighted by molar-refractivity contribution is 0.332. The van der Waals surface area contributed by atoms with Crippen molar-refractivity contribution in [1.29, 1.82) is 0 Å². The molecule has 0 radical (unpaired) electrons. The molecule has 3 rings (SSSR count). The highest BCUT2D eigenvalue weighted by Crippen LogP contribution is 2.24. The van der Waals surface area contributed by atoms with Crippen LogP contribution in [0.1, 0.15) is 18.3 Å². The highest BCUT2D eigenvalue weighted by molar-refractivity contribution is 7.99. The first-order valence-corrected chi connectivity index (χ1v) is 9.64. The van der Waals surface area contributed by atoms with Gasteiger partial charge in [0.2, 0.25) is 0 Å². The number of ether oxygens (including phenoxy) is 2. The molecule has 0 spiro atoms. The van der Waals surface area contributed by atoms with E-state index in [9.17, 15) is 0 Å². The Kier molecular flexibility index (Phi) is 6.17. The van der Waals surface area contributed by atoms with Crippen molar-refractivity contribution in [2.45, 2.75) is 25.9 Å². The van der Waals surface area contributed by atoms with Gasteiger partial charge in [-0.15, -0.1) is 10.2 Å². The van der Waals surface area contributed by atoms with Gasteiger partial charge in [-0.3, -0.25) is 4.57 Å². The third-order valence-electron chi connectivity index (χ3n) is 3.87. The van der Waals surface area contributed by atoms with E-state index in [4.69, 9.17) is 9.47 Å². The third-order valence-corrected chi connectivity index (χ3v) is 4.76. The molecule has 0 atom stereocenters. The number of nitrogens with zero attached hydrogens (tertiary/aromatic N) is 3. The van der Waals surface area contributed by atoms with Crippen molar-refractivity contribution in [3.63, 3.8) is 0 Å². The van der Waals surface area contributed by atoms with Crippen LogP contribution in [0.2, 0.25) is 0 Å². The van der Waals surface area contributed by atoms with Crippen LogP contribution < -0.4 is 9.47 Å². The molecule has 0 fully saturated rings. The van der Waals surface area contributed by atoms with Gasteiger partial charge in [-0.1, -0.05) is 30.0 Å². The predicted octanol–water partition coefficient (Wildman–Crippen LogP) is 4.45. The maximum Gasteiger partial charge on any atom is 0.195 e. The molecule has 2 aromatic carbocycles. The Balaban J connectivity index is 1.58. The van der Waals surface area contributed by atoms with Gasteiger partial charge in [0.05, 0.1) is 18.9 Å². The molecular formula is C20H23N3O2S. The van der Waals surface area contributed by atoms with Crippen LogP contribution in [0.4, 0.5) is 0 Å². The summed E-state index contributed by atoms with van der Waals surface area (Å²) in [5.41, 5.74) is 2.31. The zero-order chi connectivity index (χ0) is 18.4. The number of para-hydroxylation sites is 1. The summed E-state index contributed by atoms with van der Waals surface area (Å²) < 4.78 is 13.3. The quantitative estimate of drug-likeness (QED) is 0.434. The van der Waals surface area contributed by atoms with Crippen LogP contribution in [0.15, 0.2) is 53.7 Å². The van der Waals surface area contributed by atoms with Gasteiger partial charge in [-0.2, -0.15) is 0 Å². The highest BCUT2D eigenvalue weighted by Gasteiger charge is 2.12. The van der Waals surface area contributed by atoms with E-state index in [2.05, 4.69) is 33.8 Å². The first-order chi connectivity index (χ1) is 12.7. The summed E-state index contributed by atoms with van der Waals surface area (Å²) in [6, 6.07) is 15.9. The van der Waals surface area contributed by atoms with Crippen molar-refractivity contribution in [3.05, 3.63) is 59.9 Å². The monoisotopic (exact) mass is 369 g/mol. The molecule has 0 N–H and O–H groups in total. The van der Waals surface area contributed by atoms with Crippen LogP contribution in [-0.2, 0) is 0 Å². The fourth-order valence-corrected chi connectivity index (χ4v) is 3.43. The van der Waals surface area contributed by atoms with Gasteiger partial charge in [0.15, 0.2) is 5.16 Å². The summed E-state index contributed by atoms with van der Waals surface area (Å²) in [7, 11) is 0. The lowest BCUT2D eigenvalue weighted by Crippen LogP contribution is -2.04. The van der Waals surface area contributed by atoms with Gasteiger partial charge in [-0.05, 0) is 56.7 Å². The number of thioether (sulfide) groups is 1. The Bertz CT molecular complexity index is 847. The van der Waals surface area contributed by atoms with Crippen molar-refractivity contribution in [3.8, 4) is 17.2 Å². The number of rotatable bonds is 8. The fourth-order valence-electron chi connectivity index (χ4n) is 2.62. The standard InChI is InChI=1S/C20H23N3O2S/c1-4-24-17-9-11-18(12-10-17)25-13-14-26-20-22-21-16(3)23(20)19-8-6-5-7-15(19)2/h5-12H,4,13-14H2,1-3H3. The molecular weight excluding hydrogens is 346 g/mol. The Labute approximate surface area is 158 Å². The SMILES string of the molecule is CCOc1ccc(OCCSc2nnc(C)n2-c2ccccc2C)cc1. The molecule has 0 unspecified atom stereocenters. The second kappa shape index (κ2) is 8.76. The summed E-state index contributed by atoms with van der Waals surface area (Å²) in [6.45, 7) is 7.30. The van der Waals surface area contributed by atoms with Gasteiger partial charge in [0, 0.05) is 5.75 Å². The number of hydrogen-bond donors (Lipinski definition) is 0. The molecule has 0 saturated heterocycles. The lowest BCUT2D eigenvalue weighted by atomic mass is 10.2. The third kappa shape index (κ3) is 4.38. The van der Waals surface area contributed by atoms with Crippen LogP contribution in [0.3, 0.4) is 0 Å². The zero-order valence-electron chi connectivity index (χ0n) is 15.3. The summed E-state index contributed by atoms with van der Waals surface area (Å²) >= 11 is 1.64. The molecule has 0 saturated carbocycles. The van der Waals surface area contributed by atoms with Crippen LogP contribution in [0.25, 0.3) is 5.69 Å². The first kappa shape index (κ1) is 18.3. The molecule has 26 heavy (non-hydrogen) atoms. The average molecular weight is 369 g/mol. The van der Waals surface area contributed by atoms with E-state index in [0.29, 0.717) is 13.2 Å². The van der Waals surface area contributed by atoms with Gasteiger partial charge >= 0.3 is 0 Å². The first-order valence-electron chi connectivity index (χ1n) is 8.65. The number of aryl methyl sites for hydroxylation is 2. The van der Waals surface area contributed by atoms with Crippen molar-refractivity contribution in [1.82, 2.24) is 14.8 Å². The molecule has 3 aromatic rings. The normalized spacial score (nSPS) is 10.7. The van der Waals surface area contributed by atoms with E-state index in [1.807, 2.05) is 50.2 Å². The van der Waals surface area contributed by atoms with E-state index in [1.54, 1.807) is 11.8 Å². The summed E-state index contributed by atoms with van der Waals surface area (Å²) in [6.07, 6.45) is 0. The predicted molar refractivity (Wildman–Crippen MR) is 105 cm³/mol. The number of aromatic nitrogens is 3. The fraction of sp³-hybridized carbons (Fsp3) is 0.300. The number of hydrogen-bond acceptors (Lipinski definition) is 5. The maximum absolute atomic E-state index is 5.80. The summed E-state index contributed by atoms with van der Waals surface area (Å²) in [4.78, 5) is 0. The van der Waals surface area contributed by atoms with Gasteiger partial charge < -0.3 is 9.47 Å². The Morgan fingerprint density at radius 3 is 2.31 bits per heavy atom. The van der Waals surface area contributed by atoms with Gasteiger partial charge in [0.25, 0.3) is 0 Å². The minimum absolute atomic E-state index is 0.596. The van der Waals surface area contributed by atoms with Crippen LogP contribution >= 0.6 is 11.8 Å². The molecule has 1 heterocycles. The van der Waals surface area contributed by atoms with Crippen molar-refractivity contribution in [2.75, 3.05) is 19.0 Å². The molecule has 0 bridgehead atoms. The molecule has 136 valence electrons. The Morgan fingerprint density at radius 2 is 1.62 bits per heavy atom. The van der Waals surface area contributed by atoms with Crippen molar-refractivity contribution >= 4 is 11.8 Å². The average Bonchev–Trinajstić information content (AvgIpc) is 3.01. The molecule has 6 heteroatoms. The second-order valence-corrected chi connectivity index (χ2v) is 6.82. The lowest BCUT2D eigenvalue weighted by Gasteiger charge is -2.11. The summed E-state index contributed by atoms with van der Waals surface area (Å²) in [5.74, 6) is 3.37. The van der Waals surface area contributed by atoms with Crippen LogP contribution in [0, 0.1) is 13.8 Å². The summed E-state index contributed by atoms with van der Waals surface area (Å²) in [5, 5.41) is 9.43. The van der Waals surface area contributed by atoms with E-state index >= 15 is 0 Å². The van der Waals surface area contributed by atoms with E-state index in [-0.39, 0.29) is 0 Å². The van der Waals surface area contributed by atoms with Gasteiger partial charge in [-0.25, -0.2) is 0 Å². The molecule has 1 aromatic heterocycles. The number of benzene rings is 2. The van der Waals surface area contributed by atoms with Crippen molar-refractivity contribution < 1.29 is 9.47 Å². The maximum atomic E-state index is 5.80. The highest BCUT2D eigenvalue weighted by atomic mass is 32.2. The Morgan fingerprint density at radius 1 is 0.923 bits per heavy atom. The minimum atomic E-state index is 0.596. The second-order valence-electron chi connectivity index (χ2n) is 5.75. The smallest absolute Gasteiger partial charge is 0.195 e.